The number of imidazole rings is 1. The second kappa shape index (κ2) is 10.4. The summed E-state index contributed by atoms with van der Waals surface area (Å²) in [4.78, 5) is 4.53. The Labute approximate surface area is 258 Å². The molecule has 0 spiro atoms. The van der Waals surface area contributed by atoms with Crippen LogP contribution in [-0.2, 0) is 6.37 Å². The summed E-state index contributed by atoms with van der Waals surface area (Å²) < 4.78 is 43.0. The van der Waals surface area contributed by atoms with Crippen LogP contribution < -0.4 is 0 Å². The lowest BCUT2D eigenvalue weighted by molar-refractivity contribution is 0.908. The average Bonchev–Trinajstić information content (AvgIpc) is 3.51. The summed E-state index contributed by atoms with van der Waals surface area (Å²) in [5, 5.41) is 4.42. The molecule has 2 heteroatoms. The van der Waals surface area contributed by atoms with Crippen molar-refractivity contribution < 1.29 is 6.85 Å². The SMILES string of the molecule is [2H]C([2H])([2H])C([2H])([2H])c1nc2ccccc2n1-c1cccc(-c2c3ccccc3c(-c3ccc(-c4ccccc4)cc3)c3ccccc23)c1. The Kier molecular flexibility index (Phi) is 4.95. The van der Waals surface area contributed by atoms with E-state index in [1.54, 1.807) is 10.6 Å². The van der Waals surface area contributed by atoms with Crippen molar-refractivity contribution in [3.63, 3.8) is 0 Å². The highest BCUT2D eigenvalue weighted by Gasteiger charge is 2.18. The second-order valence-electron chi connectivity index (χ2n) is 10.7. The van der Waals surface area contributed by atoms with Gasteiger partial charge >= 0.3 is 0 Å². The van der Waals surface area contributed by atoms with Crippen LogP contribution >= 0.6 is 0 Å². The highest BCUT2D eigenvalue weighted by Crippen LogP contribution is 2.44. The van der Waals surface area contributed by atoms with Gasteiger partial charge in [0.1, 0.15) is 5.82 Å². The summed E-state index contributed by atoms with van der Waals surface area (Å²) >= 11 is 0. The van der Waals surface area contributed by atoms with Gasteiger partial charge in [0.2, 0.25) is 0 Å². The molecule has 2 nitrogen and oxygen atoms in total. The summed E-state index contributed by atoms with van der Waals surface area (Å²) in [6, 6.07) is 51.2. The molecule has 0 fully saturated rings. The molecule has 0 bridgehead atoms. The molecule has 8 aromatic rings. The highest BCUT2D eigenvalue weighted by atomic mass is 15.1. The van der Waals surface area contributed by atoms with Crippen molar-refractivity contribution in [3.8, 4) is 39.1 Å². The monoisotopic (exact) mass is 555 g/mol. The van der Waals surface area contributed by atoms with Gasteiger partial charge in [0.15, 0.2) is 0 Å². The molecule has 0 atom stereocenters. The number of hydrogen-bond donors (Lipinski definition) is 0. The minimum Gasteiger partial charge on any atom is -0.296 e. The smallest absolute Gasteiger partial charge is 0.114 e. The molecule has 0 saturated carbocycles. The summed E-state index contributed by atoms with van der Waals surface area (Å²) in [6.07, 6.45) is -2.68. The fourth-order valence-electron chi connectivity index (χ4n) is 6.38. The van der Waals surface area contributed by atoms with Crippen molar-refractivity contribution in [1.29, 1.82) is 0 Å². The minimum absolute atomic E-state index is 0.148. The van der Waals surface area contributed by atoms with Gasteiger partial charge in [-0.1, -0.05) is 134 Å². The molecule has 0 aliphatic rings. The second-order valence-corrected chi connectivity index (χ2v) is 10.7. The number of nitrogens with zero attached hydrogens (tertiary/aromatic N) is 2. The quantitative estimate of drug-likeness (QED) is 0.193. The maximum absolute atomic E-state index is 8.66. The number of fused-ring (bicyclic) bond motifs is 3. The molecule has 0 unspecified atom stereocenters. The first-order valence-electron chi connectivity index (χ1n) is 16.9. The average molecular weight is 556 g/mol. The molecular formula is C41H30N2. The van der Waals surface area contributed by atoms with E-state index in [1.807, 2.05) is 42.5 Å². The lowest BCUT2D eigenvalue weighted by Gasteiger charge is -2.18. The normalized spacial score (nSPS) is 13.8. The molecule has 0 N–H and O–H groups in total. The van der Waals surface area contributed by atoms with Gasteiger partial charge in [0.25, 0.3) is 0 Å². The largest absolute Gasteiger partial charge is 0.296 e. The molecule has 204 valence electrons. The summed E-state index contributed by atoms with van der Waals surface area (Å²) in [5.41, 5.74) is 8.43. The van der Waals surface area contributed by atoms with E-state index in [2.05, 4.69) is 108 Å². The molecule has 7 aromatic carbocycles. The van der Waals surface area contributed by atoms with Gasteiger partial charge in [-0.3, -0.25) is 4.57 Å². The number of benzene rings is 7. The number of para-hydroxylation sites is 2. The molecule has 0 amide bonds. The maximum atomic E-state index is 8.66. The maximum Gasteiger partial charge on any atom is 0.114 e. The van der Waals surface area contributed by atoms with Crippen molar-refractivity contribution in [2.45, 2.75) is 13.2 Å². The van der Waals surface area contributed by atoms with Crippen molar-refractivity contribution in [3.05, 3.63) is 157 Å². The fourth-order valence-corrected chi connectivity index (χ4v) is 6.38. The van der Waals surface area contributed by atoms with E-state index in [4.69, 9.17) is 6.85 Å². The highest BCUT2D eigenvalue weighted by molar-refractivity contribution is 6.21. The predicted molar refractivity (Wildman–Crippen MR) is 182 cm³/mol. The molecule has 43 heavy (non-hydrogen) atoms. The number of rotatable bonds is 5. The number of aromatic nitrogens is 2. The zero-order valence-corrected chi connectivity index (χ0v) is 23.3. The van der Waals surface area contributed by atoms with E-state index < -0.39 is 13.2 Å². The first-order valence-corrected chi connectivity index (χ1v) is 14.4. The van der Waals surface area contributed by atoms with Gasteiger partial charge in [-0.25, -0.2) is 4.98 Å². The van der Waals surface area contributed by atoms with Crippen molar-refractivity contribution in [2.24, 2.45) is 0 Å². The molecule has 0 radical (unpaired) electrons. The van der Waals surface area contributed by atoms with Crippen molar-refractivity contribution in [1.82, 2.24) is 9.55 Å². The van der Waals surface area contributed by atoms with Crippen LogP contribution in [0.1, 0.15) is 19.5 Å². The first kappa shape index (κ1) is 20.4. The molecule has 8 rings (SSSR count). The van der Waals surface area contributed by atoms with E-state index >= 15 is 0 Å². The Morgan fingerprint density at radius 3 is 1.74 bits per heavy atom. The Morgan fingerprint density at radius 1 is 0.535 bits per heavy atom. The van der Waals surface area contributed by atoms with E-state index in [1.165, 1.54) is 5.56 Å². The van der Waals surface area contributed by atoms with Crippen LogP contribution in [0.5, 0.6) is 0 Å². The number of hydrogen-bond acceptors (Lipinski definition) is 1. The van der Waals surface area contributed by atoms with Crippen LogP contribution in [0.3, 0.4) is 0 Å². The van der Waals surface area contributed by atoms with E-state index in [0.717, 1.165) is 49.4 Å². The Hall–Kier alpha value is -5.47. The van der Waals surface area contributed by atoms with Crippen LogP contribution in [-0.4, -0.2) is 9.55 Å². The van der Waals surface area contributed by atoms with E-state index in [0.29, 0.717) is 16.7 Å². The minimum atomic E-state index is -2.91. The number of aryl methyl sites for hydroxylation is 1. The van der Waals surface area contributed by atoms with Gasteiger partial charge in [-0.05, 0) is 79.2 Å². The van der Waals surface area contributed by atoms with E-state index in [-0.39, 0.29) is 5.82 Å². The molecular weight excluding hydrogens is 520 g/mol. The van der Waals surface area contributed by atoms with Crippen LogP contribution in [0.4, 0.5) is 0 Å². The van der Waals surface area contributed by atoms with Gasteiger partial charge in [-0.2, -0.15) is 0 Å². The molecule has 1 heterocycles. The predicted octanol–water partition coefficient (Wildman–Crippen LogP) is 10.9. The molecule has 0 aliphatic carbocycles. The zero-order chi connectivity index (χ0) is 33.0. The Morgan fingerprint density at radius 2 is 1.07 bits per heavy atom. The van der Waals surface area contributed by atoms with Gasteiger partial charge in [0.05, 0.1) is 11.0 Å². The molecule has 0 aliphatic heterocycles. The molecule has 0 saturated heterocycles. The van der Waals surface area contributed by atoms with Crippen LogP contribution in [0, 0.1) is 0 Å². The van der Waals surface area contributed by atoms with Gasteiger partial charge < -0.3 is 0 Å². The van der Waals surface area contributed by atoms with Crippen LogP contribution in [0.25, 0.3) is 71.6 Å². The lowest BCUT2D eigenvalue weighted by atomic mass is 9.85. The fraction of sp³-hybridized carbons (Fsp3) is 0.0488. The first-order chi connectivity index (χ1) is 23.2. The Balaban J connectivity index is 1.36. The lowest BCUT2D eigenvalue weighted by Crippen LogP contribution is -2.00. The topological polar surface area (TPSA) is 17.8 Å². The standard InChI is InChI=1S/C41H30N2/c1-2-39-42-37-21-10-11-22-38(37)43(39)32-16-12-15-31(27-32)41-35-19-8-6-17-33(35)40(34-18-7-9-20-36(34)41)30-25-23-29(24-26-30)28-13-4-3-5-14-28/h3-27H,2H2,1H3/i1D3,2D2. The van der Waals surface area contributed by atoms with Gasteiger partial charge in [-0.15, -0.1) is 0 Å². The summed E-state index contributed by atoms with van der Waals surface area (Å²) in [5.74, 6) is -0.148. The van der Waals surface area contributed by atoms with Crippen molar-refractivity contribution >= 4 is 32.6 Å². The van der Waals surface area contributed by atoms with Crippen molar-refractivity contribution in [2.75, 3.05) is 0 Å². The Bertz CT molecular complexity index is 2400. The van der Waals surface area contributed by atoms with Crippen LogP contribution in [0.15, 0.2) is 152 Å². The summed E-state index contributed by atoms with van der Waals surface area (Å²) in [7, 11) is 0. The van der Waals surface area contributed by atoms with Gasteiger partial charge in [0, 0.05) is 18.9 Å². The third-order valence-corrected chi connectivity index (χ3v) is 8.28. The third-order valence-electron chi connectivity index (χ3n) is 8.28. The van der Waals surface area contributed by atoms with E-state index in [9.17, 15) is 0 Å². The zero-order valence-electron chi connectivity index (χ0n) is 28.3. The molecule has 1 aromatic heterocycles. The third kappa shape index (κ3) is 4.23. The van der Waals surface area contributed by atoms with Crippen LogP contribution in [0.2, 0.25) is 0 Å². The summed E-state index contributed by atoms with van der Waals surface area (Å²) in [6.45, 7) is -2.91.